The lowest BCUT2D eigenvalue weighted by molar-refractivity contribution is -0.384. The molecular weight excluding hydrogens is 526 g/mol. The highest BCUT2D eigenvalue weighted by atomic mass is 16.6. The molecule has 0 radical (unpaired) electrons. The summed E-state index contributed by atoms with van der Waals surface area (Å²) in [6, 6.07) is 15.6. The fourth-order valence-corrected chi connectivity index (χ4v) is 4.36. The number of ether oxygens (including phenoxy) is 2. The first-order valence-corrected chi connectivity index (χ1v) is 13.0. The molecule has 41 heavy (non-hydrogen) atoms. The number of hydrogen-bond donors (Lipinski definition) is 1. The first kappa shape index (κ1) is 28.8. The topological polar surface area (TPSA) is 128 Å². The van der Waals surface area contributed by atoms with E-state index in [-0.39, 0.29) is 17.9 Å². The number of carbonyl (C=O) groups excluding carboxylic acids is 3. The van der Waals surface area contributed by atoms with Crippen LogP contribution in [0.15, 0.2) is 78.9 Å². The van der Waals surface area contributed by atoms with Gasteiger partial charge in [-0.25, -0.2) is 9.69 Å². The number of nitro groups is 1. The molecule has 0 aromatic heterocycles. The lowest BCUT2D eigenvalue weighted by atomic mass is 10.0. The Labute approximate surface area is 237 Å². The van der Waals surface area contributed by atoms with Gasteiger partial charge in [0.2, 0.25) is 0 Å². The molecule has 1 aliphatic rings. The van der Waals surface area contributed by atoms with Crippen molar-refractivity contribution in [1.82, 2.24) is 5.32 Å². The second-order valence-corrected chi connectivity index (χ2v) is 9.13. The highest BCUT2D eigenvalue weighted by Crippen LogP contribution is 2.36. The van der Waals surface area contributed by atoms with Crippen LogP contribution >= 0.6 is 0 Å². The molecule has 1 aliphatic heterocycles. The minimum absolute atomic E-state index is 0.0428. The number of amides is 4. The van der Waals surface area contributed by atoms with E-state index in [1.807, 2.05) is 19.1 Å². The van der Waals surface area contributed by atoms with Gasteiger partial charge in [-0.2, -0.15) is 0 Å². The number of aryl methyl sites for hydroxylation is 1. The summed E-state index contributed by atoms with van der Waals surface area (Å²) in [5, 5.41) is 13.4. The molecule has 1 heterocycles. The molecule has 1 fully saturated rings. The van der Waals surface area contributed by atoms with Gasteiger partial charge >= 0.3 is 6.03 Å². The zero-order chi connectivity index (χ0) is 29.5. The minimum Gasteiger partial charge on any atom is -0.490 e. The summed E-state index contributed by atoms with van der Waals surface area (Å²) in [5.74, 6) is -0.795. The maximum Gasteiger partial charge on any atom is 0.335 e. The molecule has 210 valence electrons. The van der Waals surface area contributed by atoms with Gasteiger partial charge in [0.05, 0.1) is 17.2 Å². The number of hydrogen-bond acceptors (Lipinski definition) is 7. The van der Waals surface area contributed by atoms with E-state index in [9.17, 15) is 24.5 Å². The third-order valence-electron chi connectivity index (χ3n) is 6.34. The zero-order valence-corrected chi connectivity index (χ0v) is 22.7. The number of carbonyl (C=O) groups is 3. The number of nitrogens with one attached hydrogen (secondary N) is 1. The van der Waals surface area contributed by atoms with Crippen molar-refractivity contribution >= 4 is 35.3 Å². The Bertz CT molecular complexity index is 1540. The first-order chi connectivity index (χ1) is 19.7. The van der Waals surface area contributed by atoms with Gasteiger partial charge in [0.25, 0.3) is 17.5 Å². The van der Waals surface area contributed by atoms with Crippen LogP contribution in [-0.4, -0.2) is 29.4 Å². The Morgan fingerprint density at radius 2 is 1.76 bits per heavy atom. The lowest BCUT2D eigenvalue weighted by Crippen LogP contribution is -2.54. The SMILES string of the molecule is C=CCc1cc(/C=C2/C(=O)NC(=O)N(c3ccc(CC)cc3)C2=O)cc(OCC)c1OCc1cccc([N+](=O)[O-])c1. The van der Waals surface area contributed by atoms with E-state index < -0.39 is 22.8 Å². The molecule has 10 nitrogen and oxygen atoms in total. The van der Waals surface area contributed by atoms with Crippen LogP contribution in [0.3, 0.4) is 0 Å². The quantitative estimate of drug-likeness (QED) is 0.108. The van der Waals surface area contributed by atoms with Gasteiger partial charge in [-0.05, 0) is 66.8 Å². The Hall–Kier alpha value is -5.25. The van der Waals surface area contributed by atoms with E-state index >= 15 is 0 Å². The number of barbiturate groups is 1. The van der Waals surface area contributed by atoms with Gasteiger partial charge in [0.1, 0.15) is 12.2 Å². The molecule has 0 aliphatic carbocycles. The smallest absolute Gasteiger partial charge is 0.335 e. The van der Waals surface area contributed by atoms with Crippen LogP contribution in [0.2, 0.25) is 0 Å². The summed E-state index contributed by atoms with van der Waals surface area (Å²) in [7, 11) is 0. The lowest BCUT2D eigenvalue weighted by Gasteiger charge is -2.26. The van der Waals surface area contributed by atoms with Crippen LogP contribution in [0.5, 0.6) is 11.5 Å². The third-order valence-corrected chi connectivity index (χ3v) is 6.34. The average Bonchev–Trinajstić information content (AvgIpc) is 2.95. The molecule has 0 spiro atoms. The summed E-state index contributed by atoms with van der Waals surface area (Å²) < 4.78 is 11.9. The van der Waals surface area contributed by atoms with Gasteiger partial charge in [-0.15, -0.1) is 6.58 Å². The van der Waals surface area contributed by atoms with Crippen LogP contribution in [0.4, 0.5) is 16.2 Å². The van der Waals surface area contributed by atoms with Crippen LogP contribution in [0.25, 0.3) is 6.08 Å². The van der Waals surface area contributed by atoms with Crippen molar-refractivity contribution in [3.8, 4) is 11.5 Å². The summed E-state index contributed by atoms with van der Waals surface area (Å²) >= 11 is 0. The summed E-state index contributed by atoms with van der Waals surface area (Å²) in [6.45, 7) is 7.95. The fraction of sp³-hybridized carbons (Fsp3) is 0.194. The van der Waals surface area contributed by atoms with E-state index in [2.05, 4.69) is 11.9 Å². The van der Waals surface area contributed by atoms with Gasteiger partial charge in [0, 0.05) is 17.7 Å². The predicted octanol–water partition coefficient (Wildman–Crippen LogP) is 5.53. The normalized spacial score (nSPS) is 14.1. The number of non-ortho nitro benzene ring substituents is 1. The van der Waals surface area contributed by atoms with Crippen molar-refractivity contribution < 1.29 is 28.8 Å². The van der Waals surface area contributed by atoms with Gasteiger partial charge in [-0.1, -0.05) is 37.3 Å². The highest BCUT2D eigenvalue weighted by molar-refractivity contribution is 6.39. The number of rotatable bonds is 11. The number of imide groups is 2. The number of urea groups is 1. The van der Waals surface area contributed by atoms with Crippen molar-refractivity contribution in [2.45, 2.75) is 33.3 Å². The van der Waals surface area contributed by atoms with Crippen molar-refractivity contribution in [3.05, 3.63) is 111 Å². The fourth-order valence-electron chi connectivity index (χ4n) is 4.36. The monoisotopic (exact) mass is 555 g/mol. The largest absolute Gasteiger partial charge is 0.490 e. The molecule has 10 heteroatoms. The maximum atomic E-state index is 13.4. The van der Waals surface area contributed by atoms with E-state index in [4.69, 9.17) is 9.47 Å². The molecule has 4 amide bonds. The van der Waals surface area contributed by atoms with Gasteiger partial charge < -0.3 is 9.47 Å². The first-order valence-electron chi connectivity index (χ1n) is 13.0. The Morgan fingerprint density at radius 1 is 1.00 bits per heavy atom. The maximum absolute atomic E-state index is 13.4. The van der Waals surface area contributed by atoms with E-state index in [0.717, 1.165) is 16.9 Å². The average molecular weight is 556 g/mol. The van der Waals surface area contributed by atoms with Gasteiger partial charge in [0.15, 0.2) is 11.5 Å². The number of nitrogens with zero attached hydrogens (tertiary/aromatic N) is 2. The number of anilines is 1. The second kappa shape index (κ2) is 12.7. The van der Waals surface area contributed by atoms with Gasteiger partial charge in [-0.3, -0.25) is 25.0 Å². The van der Waals surface area contributed by atoms with Crippen LogP contribution in [0.1, 0.15) is 36.1 Å². The number of benzene rings is 3. The minimum atomic E-state index is -0.825. The van der Waals surface area contributed by atoms with Crippen LogP contribution in [0, 0.1) is 10.1 Å². The Balaban J connectivity index is 1.70. The van der Waals surface area contributed by atoms with Crippen LogP contribution < -0.4 is 19.7 Å². The molecular formula is C31H29N3O7. The molecule has 3 aromatic carbocycles. The molecule has 3 aromatic rings. The molecule has 0 saturated carbocycles. The van der Waals surface area contributed by atoms with Crippen molar-refractivity contribution in [3.63, 3.8) is 0 Å². The third kappa shape index (κ3) is 6.50. The molecule has 0 unspecified atom stereocenters. The van der Waals surface area contributed by atoms with Crippen molar-refractivity contribution in [2.24, 2.45) is 0 Å². The van der Waals surface area contributed by atoms with Crippen molar-refractivity contribution in [1.29, 1.82) is 0 Å². The van der Waals surface area contributed by atoms with E-state index in [0.29, 0.717) is 46.9 Å². The number of allylic oxidation sites excluding steroid dienone is 1. The Kier molecular flexibility index (Phi) is 8.93. The molecule has 0 bridgehead atoms. The highest BCUT2D eigenvalue weighted by Gasteiger charge is 2.37. The number of nitro benzene ring substituents is 1. The Morgan fingerprint density at radius 3 is 2.41 bits per heavy atom. The van der Waals surface area contributed by atoms with Crippen LogP contribution in [-0.2, 0) is 29.0 Å². The molecule has 1 N–H and O–H groups in total. The molecule has 0 atom stereocenters. The predicted molar refractivity (Wildman–Crippen MR) is 154 cm³/mol. The summed E-state index contributed by atoms with van der Waals surface area (Å²) in [5.41, 5.74) is 2.85. The molecule has 1 saturated heterocycles. The summed E-state index contributed by atoms with van der Waals surface area (Å²) in [4.78, 5) is 50.3. The van der Waals surface area contributed by atoms with E-state index in [1.54, 1.807) is 49.4 Å². The van der Waals surface area contributed by atoms with E-state index in [1.165, 1.54) is 18.2 Å². The standard InChI is InChI=1S/C31H29N3O7/c1-4-8-23-15-22(18-27(40-6-3)28(23)41-19-21-9-7-10-25(16-21)34(38)39)17-26-29(35)32-31(37)33(30(26)36)24-13-11-20(5-2)12-14-24/h4,7,9-18H,1,5-6,8,19H2,2-3H3,(H,32,35,37)/b26-17-. The van der Waals surface area contributed by atoms with Crippen molar-refractivity contribution in [2.75, 3.05) is 11.5 Å². The zero-order valence-electron chi connectivity index (χ0n) is 22.7. The second-order valence-electron chi connectivity index (χ2n) is 9.13. The molecule has 4 rings (SSSR count). The summed E-state index contributed by atoms with van der Waals surface area (Å²) in [6.07, 6.45) is 4.23.